The Kier molecular flexibility index (Phi) is 5.81. The fraction of sp³-hybridized carbons (Fsp3) is 0.125. The second-order valence-corrected chi connectivity index (χ2v) is 8.60. The number of hydrogen-bond acceptors (Lipinski definition) is 6. The van der Waals surface area contributed by atoms with Crippen LogP contribution in [0.25, 0.3) is 11.5 Å². The van der Waals surface area contributed by atoms with Crippen LogP contribution >= 0.6 is 11.8 Å². The van der Waals surface area contributed by atoms with E-state index in [0.29, 0.717) is 33.6 Å². The molecule has 0 saturated heterocycles. The number of halogens is 1. The summed E-state index contributed by atoms with van der Waals surface area (Å²) in [7, 11) is 0. The summed E-state index contributed by atoms with van der Waals surface area (Å²) in [6.45, 7) is 3.87. The van der Waals surface area contributed by atoms with E-state index in [4.69, 9.17) is 0 Å². The number of benzene rings is 2. The highest BCUT2D eigenvalue weighted by Gasteiger charge is 2.15. The molecule has 0 fully saturated rings. The first-order chi connectivity index (χ1) is 16.5. The lowest BCUT2D eigenvalue weighted by Crippen LogP contribution is -2.14. The van der Waals surface area contributed by atoms with Crippen LogP contribution in [-0.2, 0) is 5.75 Å². The predicted octanol–water partition coefficient (Wildman–Crippen LogP) is 4.61. The van der Waals surface area contributed by atoms with Crippen LogP contribution in [0, 0.1) is 19.7 Å². The molecule has 5 aromatic rings. The largest absolute Gasteiger partial charge is 0.322 e. The summed E-state index contributed by atoms with van der Waals surface area (Å²) in [6.07, 6.45) is 3.23. The highest BCUT2D eigenvalue weighted by Crippen LogP contribution is 2.24. The van der Waals surface area contributed by atoms with Crippen molar-refractivity contribution in [2.24, 2.45) is 0 Å². The van der Waals surface area contributed by atoms with E-state index in [-0.39, 0.29) is 5.91 Å². The average Bonchev–Trinajstić information content (AvgIpc) is 3.48. The Hall–Kier alpha value is -4.05. The number of aromatic nitrogens is 6. The molecule has 5 rings (SSSR count). The van der Waals surface area contributed by atoms with E-state index in [0.717, 1.165) is 17.0 Å². The second kappa shape index (κ2) is 9.06. The Morgan fingerprint density at radius 3 is 2.74 bits per heavy atom. The highest BCUT2D eigenvalue weighted by atomic mass is 32.2. The summed E-state index contributed by atoms with van der Waals surface area (Å²) < 4.78 is 17.7. The molecule has 0 saturated carbocycles. The molecule has 1 N–H and O–H groups in total. The lowest BCUT2D eigenvalue weighted by Gasteiger charge is -2.11. The fourth-order valence-electron chi connectivity index (χ4n) is 3.60. The van der Waals surface area contributed by atoms with Gasteiger partial charge in [0.25, 0.3) is 11.7 Å². The monoisotopic (exact) mass is 473 g/mol. The molecule has 1 amide bonds. The smallest absolute Gasteiger partial charge is 0.255 e. The molecule has 0 aliphatic heterocycles. The van der Waals surface area contributed by atoms with E-state index >= 15 is 0 Å². The number of fused-ring (bicyclic) bond motifs is 1. The van der Waals surface area contributed by atoms with Gasteiger partial charge in [-0.15, -0.1) is 5.10 Å². The number of nitrogens with one attached hydrogen (secondary N) is 1. The normalized spacial score (nSPS) is 11.1. The average molecular weight is 474 g/mol. The zero-order chi connectivity index (χ0) is 23.7. The van der Waals surface area contributed by atoms with Crippen LogP contribution in [0.1, 0.15) is 27.3 Å². The van der Waals surface area contributed by atoms with Gasteiger partial charge < -0.3 is 5.32 Å². The number of amides is 1. The van der Waals surface area contributed by atoms with E-state index in [1.54, 1.807) is 47.2 Å². The summed E-state index contributed by atoms with van der Waals surface area (Å²) in [6, 6.07) is 15.5. The van der Waals surface area contributed by atoms with Crippen molar-refractivity contribution in [1.29, 1.82) is 0 Å². The number of carbonyl (C=O) groups is 1. The molecular formula is C24H20FN7OS. The quantitative estimate of drug-likeness (QED) is 0.362. The highest BCUT2D eigenvalue weighted by molar-refractivity contribution is 7.98. The molecule has 3 aromatic heterocycles. The molecular weight excluding hydrogens is 453 g/mol. The summed E-state index contributed by atoms with van der Waals surface area (Å²) in [5.74, 6) is 0.234. The number of hydrogen-bond donors (Lipinski definition) is 1. The van der Waals surface area contributed by atoms with Crippen LogP contribution < -0.4 is 5.32 Å². The van der Waals surface area contributed by atoms with Crippen molar-refractivity contribution in [3.63, 3.8) is 0 Å². The third-order valence-electron chi connectivity index (χ3n) is 5.17. The molecule has 0 aliphatic carbocycles. The topological polar surface area (TPSA) is 90.0 Å². The molecule has 3 heterocycles. The number of nitrogens with zero attached hydrogens (tertiary/aromatic N) is 6. The maximum absolute atomic E-state index is 14.6. The summed E-state index contributed by atoms with van der Waals surface area (Å²) >= 11 is 1.42. The standard InChI is InChI=1S/C24H20FN7OS/c1-15-12-16(2)32-23(27-15)29-24(30-32)34-14-17-6-3-4-7-19(17)22(33)28-18-8-9-21(20(25)13-18)31-11-5-10-26-31/h3-13H,14H2,1-2H3,(H,28,33). The van der Waals surface area contributed by atoms with Crippen LogP contribution in [0.2, 0.25) is 0 Å². The first-order valence-corrected chi connectivity index (χ1v) is 11.5. The van der Waals surface area contributed by atoms with Crippen LogP contribution in [0.3, 0.4) is 0 Å². The van der Waals surface area contributed by atoms with Crippen LogP contribution in [0.5, 0.6) is 0 Å². The Bertz CT molecular complexity index is 1500. The minimum absolute atomic E-state index is 0.305. The summed E-state index contributed by atoms with van der Waals surface area (Å²) in [4.78, 5) is 21.9. The van der Waals surface area contributed by atoms with E-state index in [1.165, 1.54) is 22.5 Å². The Balaban J connectivity index is 1.32. The zero-order valence-corrected chi connectivity index (χ0v) is 19.3. The van der Waals surface area contributed by atoms with Crippen molar-refractivity contribution >= 4 is 29.1 Å². The van der Waals surface area contributed by atoms with E-state index < -0.39 is 5.82 Å². The molecule has 0 atom stereocenters. The summed E-state index contributed by atoms with van der Waals surface area (Å²) in [5, 5.41) is 11.9. The first-order valence-electron chi connectivity index (χ1n) is 10.5. The number of carbonyl (C=O) groups excluding carboxylic acids is 1. The maximum Gasteiger partial charge on any atom is 0.255 e. The first kappa shape index (κ1) is 21.8. The predicted molar refractivity (Wildman–Crippen MR) is 128 cm³/mol. The molecule has 0 aliphatic rings. The molecule has 2 aromatic carbocycles. The van der Waals surface area contributed by atoms with Crippen LogP contribution in [0.15, 0.2) is 72.1 Å². The lowest BCUT2D eigenvalue weighted by molar-refractivity contribution is 0.102. The molecule has 34 heavy (non-hydrogen) atoms. The number of anilines is 1. The Labute approximate surface area is 198 Å². The van der Waals surface area contributed by atoms with Crippen molar-refractivity contribution in [2.45, 2.75) is 24.8 Å². The molecule has 170 valence electrons. The fourth-order valence-corrected chi connectivity index (χ4v) is 4.42. The van der Waals surface area contributed by atoms with Crippen LogP contribution in [0.4, 0.5) is 10.1 Å². The van der Waals surface area contributed by atoms with E-state index in [9.17, 15) is 9.18 Å². The minimum Gasteiger partial charge on any atom is -0.322 e. The van der Waals surface area contributed by atoms with E-state index in [2.05, 4.69) is 25.5 Å². The van der Waals surface area contributed by atoms with Gasteiger partial charge in [0.05, 0.1) is 0 Å². The number of rotatable bonds is 6. The molecule has 0 spiro atoms. The van der Waals surface area contributed by atoms with Gasteiger partial charge in [0.2, 0.25) is 5.16 Å². The SMILES string of the molecule is Cc1cc(C)n2nc(SCc3ccccc3C(=O)Nc3ccc(-n4cccn4)c(F)c3)nc2n1. The van der Waals surface area contributed by atoms with Gasteiger partial charge in [0.15, 0.2) is 5.82 Å². The Morgan fingerprint density at radius 1 is 1.09 bits per heavy atom. The van der Waals surface area contributed by atoms with Gasteiger partial charge in [-0.05, 0) is 55.8 Å². The molecule has 10 heteroatoms. The third kappa shape index (κ3) is 4.40. The zero-order valence-electron chi connectivity index (χ0n) is 18.4. The van der Waals surface area contributed by atoms with Gasteiger partial charge in [0.1, 0.15) is 5.69 Å². The van der Waals surface area contributed by atoms with Gasteiger partial charge in [-0.1, -0.05) is 30.0 Å². The summed E-state index contributed by atoms with van der Waals surface area (Å²) in [5.41, 5.74) is 3.82. The van der Waals surface area contributed by atoms with Crippen molar-refractivity contribution < 1.29 is 9.18 Å². The molecule has 0 radical (unpaired) electrons. The van der Waals surface area contributed by atoms with Gasteiger partial charge in [-0.3, -0.25) is 4.79 Å². The number of aryl methyl sites for hydroxylation is 2. The second-order valence-electron chi connectivity index (χ2n) is 7.66. The molecule has 0 unspecified atom stereocenters. The van der Waals surface area contributed by atoms with Crippen molar-refractivity contribution in [1.82, 2.24) is 29.4 Å². The van der Waals surface area contributed by atoms with Gasteiger partial charge in [-0.25, -0.2) is 18.6 Å². The Morgan fingerprint density at radius 2 is 1.94 bits per heavy atom. The third-order valence-corrected chi connectivity index (χ3v) is 6.06. The van der Waals surface area contributed by atoms with Gasteiger partial charge >= 0.3 is 0 Å². The maximum atomic E-state index is 14.6. The number of thioether (sulfide) groups is 1. The molecule has 8 nitrogen and oxygen atoms in total. The van der Waals surface area contributed by atoms with E-state index in [1.807, 2.05) is 32.0 Å². The lowest BCUT2D eigenvalue weighted by atomic mass is 10.1. The van der Waals surface area contributed by atoms with Crippen molar-refractivity contribution in [3.8, 4) is 5.69 Å². The molecule has 0 bridgehead atoms. The van der Waals surface area contributed by atoms with Crippen LogP contribution in [-0.4, -0.2) is 35.3 Å². The van der Waals surface area contributed by atoms with Gasteiger partial charge in [0, 0.05) is 40.8 Å². The van der Waals surface area contributed by atoms with Gasteiger partial charge in [-0.2, -0.15) is 10.1 Å². The van der Waals surface area contributed by atoms with Crippen molar-refractivity contribution in [3.05, 3.63) is 95.3 Å². The minimum atomic E-state index is -0.484. The van der Waals surface area contributed by atoms with Crippen molar-refractivity contribution in [2.75, 3.05) is 5.32 Å².